The predicted octanol–water partition coefficient (Wildman–Crippen LogP) is 2.54. The van der Waals surface area contributed by atoms with E-state index in [9.17, 15) is 4.79 Å². The lowest BCUT2D eigenvalue weighted by molar-refractivity contribution is 0.0970. The van der Waals surface area contributed by atoms with Gasteiger partial charge in [0.15, 0.2) is 11.6 Å². The van der Waals surface area contributed by atoms with Crippen LogP contribution >= 0.6 is 0 Å². The molecule has 1 heterocycles. The van der Waals surface area contributed by atoms with Crippen molar-refractivity contribution in [2.75, 3.05) is 0 Å². The number of nitrogens with zero attached hydrogens (tertiary/aromatic N) is 2. The van der Waals surface area contributed by atoms with Crippen LogP contribution < -0.4 is 0 Å². The molecule has 0 bridgehead atoms. The van der Waals surface area contributed by atoms with Crippen molar-refractivity contribution in [3.63, 3.8) is 0 Å². The quantitative estimate of drug-likeness (QED) is 0.754. The molecule has 0 fully saturated rings. The molecule has 0 atom stereocenters. The molecule has 3 nitrogen and oxygen atoms in total. The van der Waals surface area contributed by atoms with Gasteiger partial charge in [0.1, 0.15) is 0 Å². The van der Waals surface area contributed by atoms with Gasteiger partial charge in [-0.2, -0.15) is 0 Å². The Morgan fingerprint density at radius 3 is 2.76 bits per heavy atom. The molecule has 0 unspecified atom stereocenters. The van der Waals surface area contributed by atoms with Crippen molar-refractivity contribution in [2.24, 2.45) is 7.05 Å². The number of carbonyl (C=O) groups is 1. The molecular formula is C14H16N2O. The van der Waals surface area contributed by atoms with Gasteiger partial charge in [0.2, 0.25) is 0 Å². The molecule has 2 aromatic rings. The lowest BCUT2D eigenvalue weighted by atomic mass is 10.0. The van der Waals surface area contributed by atoms with E-state index in [1.54, 1.807) is 17.0 Å². The predicted molar refractivity (Wildman–Crippen MR) is 67.0 cm³/mol. The lowest BCUT2D eigenvalue weighted by Crippen LogP contribution is -2.08. The van der Waals surface area contributed by atoms with Gasteiger partial charge in [0, 0.05) is 25.9 Å². The molecule has 1 aromatic carbocycles. The number of carbonyl (C=O) groups excluding carboxylic acids is 1. The average Bonchev–Trinajstić information content (AvgIpc) is 2.74. The molecule has 88 valence electrons. The van der Waals surface area contributed by atoms with E-state index < -0.39 is 0 Å². The zero-order valence-corrected chi connectivity index (χ0v) is 10.2. The van der Waals surface area contributed by atoms with Crippen LogP contribution in [0.5, 0.6) is 0 Å². The lowest BCUT2D eigenvalue weighted by Gasteiger charge is -2.04. The molecular weight excluding hydrogens is 212 g/mol. The molecule has 0 N–H and O–H groups in total. The molecule has 0 radical (unpaired) electrons. The van der Waals surface area contributed by atoms with Gasteiger partial charge in [-0.05, 0) is 24.5 Å². The molecule has 0 spiro atoms. The third kappa shape index (κ3) is 2.61. The second kappa shape index (κ2) is 4.95. The Labute approximate surface area is 101 Å². The maximum Gasteiger partial charge on any atom is 0.198 e. The summed E-state index contributed by atoms with van der Waals surface area (Å²) >= 11 is 0. The van der Waals surface area contributed by atoms with E-state index in [1.165, 1.54) is 11.1 Å². The van der Waals surface area contributed by atoms with Gasteiger partial charge >= 0.3 is 0 Å². The minimum Gasteiger partial charge on any atom is -0.332 e. The van der Waals surface area contributed by atoms with Crippen molar-refractivity contribution in [3.05, 3.63) is 53.6 Å². The van der Waals surface area contributed by atoms with E-state index in [4.69, 9.17) is 0 Å². The molecule has 0 aliphatic rings. The molecule has 0 saturated heterocycles. The first-order chi connectivity index (χ1) is 8.18. The van der Waals surface area contributed by atoms with Crippen LogP contribution in [0, 0.1) is 6.92 Å². The molecule has 2 rings (SSSR count). The number of hydrogen-bond donors (Lipinski definition) is 0. The van der Waals surface area contributed by atoms with Crippen molar-refractivity contribution >= 4 is 5.78 Å². The van der Waals surface area contributed by atoms with Crippen molar-refractivity contribution in [1.29, 1.82) is 0 Å². The summed E-state index contributed by atoms with van der Waals surface area (Å²) in [5.74, 6) is 0.638. The summed E-state index contributed by atoms with van der Waals surface area (Å²) in [6.45, 7) is 2.07. The molecule has 0 aliphatic heterocycles. The van der Waals surface area contributed by atoms with Gasteiger partial charge < -0.3 is 4.57 Å². The first-order valence-corrected chi connectivity index (χ1v) is 5.73. The summed E-state index contributed by atoms with van der Waals surface area (Å²) in [6.07, 6.45) is 4.73. The highest BCUT2D eigenvalue weighted by Gasteiger charge is 2.11. The zero-order valence-electron chi connectivity index (χ0n) is 10.2. The summed E-state index contributed by atoms with van der Waals surface area (Å²) in [4.78, 5) is 16.0. The number of imidazole rings is 1. The smallest absolute Gasteiger partial charge is 0.198 e. The number of aryl methyl sites for hydroxylation is 3. The highest BCUT2D eigenvalue weighted by atomic mass is 16.1. The molecule has 0 saturated carbocycles. The second-order valence-corrected chi connectivity index (χ2v) is 4.21. The maximum absolute atomic E-state index is 11.9. The molecule has 0 amide bonds. The first-order valence-electron chi connectivity index (χ1n) is 5.73. The highest BCUT2D eigenvalue weighted by Crippen LogP contribution is 2.11. The highest BCUT2D eigenvalue weighted by molar-refractivity contribution is 5.92. The monoisotopic (exact) mass is 228 g/mol. The minimum atomic E-state index is 0.0979. The topological polar surface area (TPSA) is 34.9 Å². The Hall–Kier alpha value is -1.90. The molecule has 17 heavy (non-hydrogen) atoms. The number of Topliss-reactive ketones (excluding diaryl/α,β-unsaturated/α-hetero) is 1. The Morgan fingerprint density at radius 2 is 2.12 bits per heavy atom. The van der Waals surface area contributed by atoms with E-state index in [1.807, 2.05) is 19.2 Å². The van der Waals surface area contributed by atoms with E-state index in [0.717, 1.165) is 6.42 Å². The number of rotatable bonds is 4. The summed E-state index contributed by atoms with van der Waals surface area (Å²) in [5.41, 5.74) is 2.47. The Kier molecular flexibility index (Phi) is 3.38. The summed E-state index contributed by atoms with van der Waals surface area (Å²) in [7, 11) is 1.84. The van der Waals surface area contributed by atoms with Gasteiger partial charge in [-0.1, -0.05) is 24.3 Å². The van der Waals surface area contributed by atoms with Crippen LogP contribution in [0.4, 0.5) is 0 Å². The SMILES string of the molecule is Cc1ccccc1CCC(=O)c1nccn1C. The van der Waals surface area contributed by atoms with Crippen LogP contribution in [0.1, 0.15) is 28.2 Å². The van der Waals surface area contributed by atoms with Crippen molar-refractivity contribution < 1.29 is 4.79 Å². The average molecular weight is 228 g/mol. The third-order valence-electron chi connectivity index (χ3n) is 2.95. The number of aromatic nitrogens is 2. The second-order valence-electron chi connectivity index (χ2n) is 4.21. The van der Waals surface area contributed by atoms with Gasteiger partial charge in [-0.3, -0.25) is 4.79 Å². The van der Waals surface area contributed by atoms with Crippen LogP contribution in [-0.4, -0.2) is 15.3 Å². The van der Waals surface area contributed by atoms with Crippen LogP contribution in [-0.2, 0) is 13.5 Å². The first kappa shape index (κ1) is 11.6. The Balaban J connectivity index is 2.02. The third-order valence-corrected chi connectivity index (χ3v) is 2.95. The van der Waals surface area contributed by atoms with E-state index in [0.29, 0.717) is 12.2 Å². The van der Waals surface area contributed by atoms with Crippen molar-refractivity contribution in [3.8, 4) is 0 Å². The number of benzene rings is 1. The summed E-state index contributed by atoms with van der Waals surface area (Å²) < 4.78 is 1.76. The van der Waals surface area contributed by atoms with Crippen molar-refractivity contribution in [2.45, 2.75) is 19.8 Å². The van der Waals surface area contributed by atoms with Gasteiger partial charge in [-0.15, -0.1) is 0 Å². The van der Waals surface area contributed by atoms with Crippen LogP contribution in [0.25, 0.3) is 0 Å². The van der Waals surface area contributed by atoms with Gasteiger partial charge in [0.25, 0.3) is 0 Å². The van der Waals surface area contributed by atoms with E-state index >= 15 is 0 Å². The standard InChI is InChI=1S/C14H16N2O/c1-11-5-3-4-6-12(11)7-8-13(17)14-15-9-10-16(14)2/h3-6,9-10H,7-8H2,1-2H3. The van der Waals surface area contributed by atoms with E-state index in [-0.39, 0.29) is 5.78 Å². The number of hydrogen-bond acceptors (Lipinski definition) is 2. The summed E-state index contributed by atoms with van der Waals surface area (Å²) in [6, 6.07) is 8.16. The van der Waals surface area contributed by atoms with Gasteiger partial charge in [0.05, 0.1) is 0 Å². The fourth-order valence-corrected chi connectivity index (χ4v) is 1.88. The fraction of sp³-hybridized carbons (Fsp3) is 0.286. The minimum absolute atomic E-state index is 0.0979. The molecule has 1 aromatic heterocycles. The van der Waals surface area contributed by atoms with Crippen LogP contribution in [0.15, 0.2) is 36.7 Å². The fourth-order valence-electron chi connectivity index (χ4n) is 1.88. The van der Waals surface area contributed by atoms with Crippen LogP contribution in [0.3, 0.4) is 0 Å². The van der Waals surface area contributed by atoms with E-state index in [2.05, 4.69) is 24.0 Å². The Bertz CT molecular complexity index is 529. The Morgan fingerprint density at radius 1 is 1.35 bits per heavy atom. The molecule has 3 heteroatoms. The van der Waals surface area contributed by atoms with Crippen LogP contribution in [0.2, 0.25) is 0 Å². The van der Waals surface area contributed by atoms with Crippen molar-refractivity contribution in [1.82, 2.24) is 9.55 Å². The number of ketones is 1. The normalized spacial score (nSPS) is 10.5. The maximum atomic E-state index is 11.9. The largest absolute Gasteiger partial charge is 0.332 e. The molecule has 0 aliphatic carbocycles. The summed E-state index contributed by atoms with van der Waals surface area (Å²) in [5, 5.41) is 0. The van der Waals surface area contributed by atoms with Gasteiger partial charge in [-0.25, -0.2) is 4.98 Å². The zero-order chi connectivity index (χ0) is 12.3.